The summed E-state index contributed by atoms with van der Waals surface area (Å²) in [6.07, 6.45) is 1.56. The maximum absolute atomic E-state index is 11.1. The fourth-order valence-corrected chi connectivity index (χ4v) is 3.39. The van der Waals surface area contributed by atoms with Crippen molar-refractivity contribution in [3.8, 4) is 17.0 Å². The van der Waals surface area contributed by atoms with Crippen molar-refractivity contribution in [2.45, 2.75) is 26.0 Å². The molecule has 0 bridgehead atoms. The minimum atomic E-state index is -0.895. The molecule has 1 atom stereocenters. The van der Waals surface area contributed by atoms with Gasteiger partial charge in [-0.25, -0.2) is 0 Å². The average molecular weight is 402 g/mol. The number of pyridine rings is 1. The van der Waals surface area contributed by atoms with Crippen LogP contribution >= 0.6 is 0 Å². The van der Waals surface area contributed by atoms with Gasteiger partial charge in [0.1, 0.15) is 17.9 Å². The summed E-state index contributed by atoms with van der Waals surface area (Å²) >= 11 is 0. The van der Waals surface area contributed by atoms with Gasteiger partial charge in [0.2, 0.25) is 0 Å². The molecule has 4 aromatic rings. The number of carboxylic acids is 1. The number of aliphatic carboxylic acids is 1. The molecule has 0 fully saturated rings. The summed E-state index contributed by atoms with van der Waals surface area (Å²) < 4.78 is 11.7. The lowest BCUT2D eigenvalue weighted by atomic mass is 10.0. The van der Waals surface area contributed by atoms with Gasteiger partial charge in [0, 0.05) is 22.6 Å². The summed E-state index contributed by atoms with van der Waals surface area (Å²) in [7, 11) is 0. The summed E-state index contributed by atoms with van der Waals surface area (Å²) in [5, 5.41) is 10.1. The third-order valence-corrected chi connectivity index (χ3v) is 4.83. The molecule has 0 radical (unpaired) electrons. The zero-order chi connectivity index (χ0) is 21.1. The average Bonchev–Trinajstić information content (AvgIpc) is 3.21. The van der Waals surface area contributed by atoms with Crippen molar-refractivity contribution in [3.63, 3.8) is 0 Å². The van der Waals surface area contributed by atoms with E-state index >= 15 is 0 Å². The normalized spacial score (nSPS) is 12.1. The lowest BCUT2D eigenvalue weighted by Crippen LogP contribution is -2.07. The van der Waals surface area contributed by atoms with Crippen LogP contribution in [0, 0.1) is 0 Å². The van der Waals surface area contributed by atoms with E-state index in [9.17, 15) is 4.79 Å². The minimum absolute atomic E-state index is 0.0871. The van der Waals surface area contributed by atoms with Gasteiger partial charge in [0.15, 0.2) is 0 Å². The highest BCUT2D eigenvalue weighted by atomic mass is 16.5. The molecule has 2 aromatic carbocycles. The van der Waals surface area contributed by atoms with E-state index in [-0.39, 0.29) is 19.1 Å². The van der Waals surface area contributed by atoms with Gasteiger partial charge in [0.25, 0.3) is 0 Å². The van der Waals surface area contributed by atoms with Crippen LogP contribution in [0.15, 0.2) is 71.3 Å². The van der Waals surface area contributed by atoms with Gasteiger partial charge in [0.05, 0.1) is 24.1 Å². The quantitative estimate of drug-likeness (QED) is 0.464. The van der Waals surface area contributed by atoms with Crippen molar-refractivity contribution in [2.75, 3.05) is 0 Å². The molecule has 0 saturated heterocycles. The number of para-hydroxylation sites is 1. The molecule has 0 saturated carbocycles. The third kappa shape index (κ3) is 4.18. The monoisotopic (exact) mass is 402 g/mol. The van der Waals surface area contributed by atoms with Gasteiger partial charge < -0.3 is 20.0 Å². The van der Waals surface area contributed by atoms with Gasteiger partial charge in [-0.2, -0.15) is 0 Å². The van der Waals surface area contributed by atoms with E-state index in [4.69, 9.17) is 20.0 Å². The van der Waals surface area contributed by atoms with Crippen molar-refractivity contribution in [1.29, 1.82) is 0 Å². The summed E-state index contributed by atoms with van der Waals surface area (Å²) in [5.41, 5.74) is 10.7. The Kier molecular flexibility index (Phi) is 5.50. The van der Waals surface area contributed by atoms with Gasteiger partial charge in [-0.05, 0) is 48.9 Å². The van der Waals surface area contributed by atoms with E-state index in [2.05, 4.69) is 4.98 Å². The summed E-state index contributed by atoms with van der Waals surface area (Å²) in [5.74, 6) is -0.334. The predicted molar refractivity (Wildman–Crippen MR) is 114 cm³/mol. The molecule has 1 unspecified atom stereocenters. The number of hydrogen-bond acceptors (Lipinski definition) is 5. The molecular formula is C24H22N2O4. The molecule has 0 spiro atoms. The number of hydrogen-bond donors (Lipinski definition) is 2. The first kappa shape index (κ1) is 19.7. The number of rotatable bonds is 7. The number of carboxylic acid groups (broad SMARTS) is 1. The minimum Gasteiger partial charge on any atom is -0.489 e. The third-order valence-electron chi connectivity index (χ3n) is 4.83. The Hall–Kier alpha value is -3.64. The Morgan fingerprint density at radius 3 is 2.80 bits per heavy atom. The van der Waals surface area contributed by atoms with Crippen LogP contribution in [0.1, 0.15) is 29.8 Å². The molecule has 6 nitrogen and oxygen atoms in total. The Morgan fingerprint density at radius 1 is 1.17 bits per heavy atom. The van der Waals surface area contributed by atoms with Gasteiger partial charge in [-0.1, -0.05) is 24.3 Å². The Morgan fingerprint density at radius 2 is 2.00 bits per heavy atom. The van der Waals surface area contributed by atoms with Crippen molar-refractivity contribution < 1.29 is 19.1 Å². The van der Waals surface area contributed by atoms with Crippen molar-refractivity contribution in [1.82, 2.24) is 4.98 Å². The van der Waals surface area contributed by atoms with E-state index in [1.807, 2.05) is 49.4 Å². The molecular weight excluding hydrogens is 380 g/mol. The first-order chi connectivity index (χ1) is 14.5. The van der Waals surface area contributed by atoms with Crippen molar-refractivity contribution in [2.24, 2.45) is 5.73 Å². The first-order valence-electron chi connectivity index (χ1n) is 9.67. The summed E-state index contributed by atoms with van der Waals surface area (Å²) in [6.45, 7) is 2.19. The molecule has 30 heavy (non-hydrogen) atoms. The molecule has 0 amide bonds. The Labute approximate surface area is 173 Å². The number of fused-ring (bicyclic) bond motifs is 1. The lowest BCUT2D eigenvalue weighted by Gasteiger charge is -2.12. The van der Waals surface area contributed by atoms with Crippen LogP contribution < -0.4 is 10.5 Å². The lowest BCUT2D eigenvalue weighted by molar-refractivity contribution is -0.136. The Bertz CT molecular complexity index is 1200. The highest BCUT2D eigenvalue weighted by Crippen LogP contribution is 2.31. The van der Waals surface area contributed by atoms with Crippen molar-refractivity contribution >= 4 is 16.9 Å². The van der Waals surface area contributed by atoms with E-state index in [0.29, 0.717) is 11.3 Å². The fourth-order valence-electron chi connectivity index (χ4n) is 3.39. The van der Waals surface area contributed by atoms with Crippen LogP contribution in [0.25, 0.3) is 22.2 Å². The molecule has 0 aliphatic carbocycles. The molecule has 2 heterocycles. The number of nitrogens with two attached hydrogens (primary N) is 1. The van der Waals surface area contributed by atoms with E-state index < -0.39 is 5.97 Å². The molecule has 4 rings (SSSR count). The number of furan rings is 1. The topological polar surface area (TPSA) is 98.6 Å². The Balaban J connectivity index is 1.67. The zero-order valence-electron chi connectivity index (χ0n) is 16.5. The largest absolute Gasteiger partial charge is 0.489 e. The van der Waals surface area contributed by atoms with E-state index in [1.165, 1.54) is 0 Å². The second-order valence-corrected chi connectivity index (χ2v) is 7.19. The highest BCUT2D eigenvalue weighted by molar-refractivity contribution is 5.92. The van der Waals surface area contributed by atoms with Crippen LogP contribution in [0.5, 0.6) is 5.75 Å². The molecule has 6 heteroatoms. The maximum atomic E-state index is 11.1. The summed E-state index contributed by atoms with van der Waals surface area (Å²) in [4.78, 5) is 15.8. The number of benzene rings is 2. The van der Waals surface area contributed by atoms with Crippen LogP contribution in [-0.2, 0) is 17.8 Å². The standard InChI is InChI=1S/C24H22N2O4/c1-15(25)20-6-4-7-21(26-20)19-12-16(11-18-9-10-29-24(18)19)14-30-22-8-3-2-5-17(22)13-23(27)28/h2-12,15H,13-14,25H2,1H3,(H,27,28). The van der Waals surface area contributed by atoms with Crippen LogP contribution in [0.3, 0.4) is 0 Å². The number of nitrogens with zero attached hydrogens (tertiary/aromatic N) is 1. The molecule has 2 aromatic heterocycles. The number of aromatic nitrogens is 1. The molecule has 3 N–H and O–H groups in total. The smallest absolute Gasteiger partial charge is 0.307 e. The molecule has 0 aliphatic rings. The van der Waals surface area contributed by atoms with E-state index in [1.54, 1.807) is 24.5 Å². The van der Waals surface area contributed by atoms with Gasteiger partial charge in [-0.3, -0.25) is 9.78 Å². The van der Waals surface area contributed by atoms with Gasteiger partial charge >= 0.3 is 5.97 Å². The molecule has 0 aliphatic heterocycles. The fraction of sp³-hybridized carbons (Fsp3) is 0.167. The maximum Gasteiger partial charge on any atom is 0.307 e. The predicted octanol–water partition coefficient (Wildman–Crippen LogP) is 4.72. The van der Waals surface area contributed by atoms with Crippen LogP contribution in [0.2, 0.25) is 0 Å². The van der Waals surface area contributed by atoms with Gasteiger partial charge in [-0.15, -0.1) is 0 Å². The zero-order valence-corrected chi connectivity index (χ0v) is 16.5. The SMILES string of the molecule is CC(N)c1cccc(-c2cc(COc3ccccc3CC(=O)O)cc3ccoc23)n1. The number of ether oxygens (including phenoxy) is 1. The highest BCUT2D eigenvalue weighted by Gasteiger charge is 2.13. The molecule has 152 valence electrons. The summed E-state index contributed by atoms with van der Waals surface area (Å²) in [6, 6.07) is 18.6. The number of carbonyl (C=O) groups is 1. The van der Waals surface area contributed by atoms with Crippen LogP contribution in [-0.4, -0.2) is 16.1 Å². The first-order valence-corrected chi connectivity index (χ1v) is 9.67. The van der Waals surface area contributed by atoms with Crippen molar-refractivity contribution in [3.05, 3.63) is 83.7 Å². The second kappa shape index (κ2) is 8.39. The van der Waals surface area contributed by atoms with E-state index in [0.717, 1.165) is 33.5 Å². The second-order valence-electron chi connectivity index (χ2n) is 7.19. The van der Waals surface area contributed by atoms with Crippen LogP contribution in [0.4, 0.5) is 0 Å².